The van der Waals surface area contributed by atoms with Crippen LogP contribution in [0.4, 0.5) is 4.39 Å². The maximum Gasteiger partial charge on any atom is 0.148 e. The molecule has 2 aromatic heterocycles. The molecular weight excluding hydrogens is 367 g/mol. The van der Waals surface area contributed by atoms with Crippen molar-refractivity contribution in [1.82, 2.24) is 14.8 Å². The van der Waals surface area contributed by atoms with Crippen molar-refractivity contribution in [3.05, 3.63) is 89.3 Å². The van der Waals surface area contributed by atoms with Crippen molar-refractivity contribution in [3.63, 3.8) is 0 Å². The fourth-order valence-electron chi connectivity index (χ4n) is 3.06. The molecule has 6 nitrogen and oxygen atoms in total. The fraction of sp³-hybridized carbons (Fsp3) is 0.0455. The van der Waals surface area contributed by atoms with Crippen LogP contribution in [0.3, 0.4) is 0 Å². The number of fused-ring (bicyclic) bond motifs is 1. The van der Waals surface area contributed by atoms with E-state index in [1.807, 2.05) is 36.4 Å². The molecule has 0 spiro atoms. The first-order valence-corrected chi connectivity index (χ1v) is 8.81. The van der Waals surface area contributed by atoms with Crippen LogP contribution in [0.2, 0.25) is 0 Å². The highest BCUT2D eigenvalue weighted by Crippen LogP contribution is 2.19. The summed E-state index contributed by atoms with van der Waals surface area (Å²) in [5.41, 5.74) is 2.75. The van der Waals surface area contributed by atoms with Crippen LogP contribution >= 0.6 is 0 Å². The molecule has 0 aliphatic carbocycles. The maximum atomic E-state index is 13.6. The number of nitriles is 1. The van der Waals surface area contributed by atoms with E-state index < -0.39 is 5.82 Å². The monoisotopic (exact) mass is 382 g/mol. The molecule has 0 aliphatic heterocycles. The van der Waals surface area contributed by atoms with Crippen molar-refractivity contribution < 1.29 is 4.39 Å². The molecule has 7 heteroatoms. The van der Waals surface area contributed by atoms with Gasteiger partial charge in [0, 0.05) is 23.6 Å². The summed E-state index contributed by atoms with van der Waals surface area (Å²) in [5.74, 6) is -0.470. The topological polar surface area (TPSA) is 102 Å². The molecule has 0 unspecified atom stereocenters. The molecule has 0 atom stereocenters. The lowest BCUT2D eigenvalue weighted by molar-refractivity contribution is 0.624. The van der Waals surface area contributed by atoms with E-state index in [1.54, 1.807) is 12.3 Å². The average Bonchev–Trinajstić information content (AvgIpc) is 2.74. The van der Waals surface area contributed by atoms with E-state index in [9.17, 15) is 4.39 Å². The van der Waals surface area contributed by atoms with Crippen molar-refractivity contribution in [1.29, 1.82) is 16.1 Å². The van der Waals surface area contributed by atoms with Gasteiger partial charge >= 0.3 is 0 Å². The van der Waals surface area contributed by atoms with E-state index in [-0.39, 0.29) is 23.3 Å². The molecule has 140 valence electrons. The Morgan fingerprint density at radius 2 is 1.97 bits per heavy atom. The third-order valence-electron chi connectivity index (χ3n) is 4.51. The summed E-state index contributed by atoms with van der Waals surface area (Å²) in [6.45, 7) is 0. The van der Waals surface area contributed by atoms with Crippen molar-refractivity contribution in [2.75, 3.05) is 0 Å². The Bertz CT molecular complexity index is 1350. The van der Waals surface area contributed by atoms with E-state index >= 15 is 0 Å². The zero-order valence-corrected chi connectivity index (χ0v) is 15.2. The lowest BCUT2D eigenvalue weighted by atomic mass is 10.1. The van der Waals surface area contributed by atoms with Crippen molar-refractivity contribution in [2.24, 2.45) is 0 Å². The van der Waals surface area contributed by atoms with Crippen LogP contribution in [-0.2, 0) is 6.42 Å². The first-order valence-electron chi connectivity index (χ1n) is 8.81. The Labute approximate surface area is 165 Å². The molecular formula is C22H15FN6. The third kappa shape index (κ3) is 3.64. The van der Waals surface area contributed by atoms with Crippen molar-refractivity contribution >= 4 is 16.7 Å². The highest BCUT2D eigenvalue weighted by atomic mass is 19.1. The summed E-state index contributed by atoms with van der Waals surface area (Å²) in [4.78, 5) is 4.29. The highest BCUT2D eigenvalue weighted by Gasteiger charge is 2.10. The summed E-state index contributed by atoms with van der Waals surface area (Å²) < 4.78 is 14.8. The number of pyridine rings is 1. The van der Waals surface area contributed by atoms with Crippen molar-refractivity contribution in [3.8, 4) is 17.3 Å². The van der Waals surface area contributed by atoms with E-state index in [0.717, 1.165) is 16.5 Å². The van der Waals surface area contributed by atoms with Crippen LogP contribution in [0.15, 0.2) is 66.9 Å². The van der Waals surface area contributed by atoms with Gasteiger partial charge in [-0.05, 0) is 54.1 Å². The molecule has 2 heterocycles. The lowest BCUT2D eigenvalue weighted by Crippen LogP contribution is -2.30. The number of nitrogens with one attached hydrogen (secondary N) is 2. The largest absolute Gasteiger partial charge is 0.286 e. The van der Waals surface area contributed by atoms with E-state index in [1.165, 1.54) is 28.9 Å². The average molecular weight is 382 g/mol. The number of benzene rings is 2. The summed E-state index contributed by atoms with van der Waals surface area (Å²) >= 11 is 0. The second kappa shape index (κ2) is 7.44. The molecule has 0 saturated carbocycles. The quantitative estimate of drug-likeness (QED) is 0.417. The van der Waals surface area contributed by atoms with Gasteiger partial charge in [-0.15, -0.1) is 0 Å². The number of hydrogen-bond acceptors (Lipinski definition) is 5. The van der Waals surface area contributed by atoms with Crippen LogP contribution in [-0.4, -0.2) is 20.6 Å². The molecule has 2 aromatic carbocycles. The predicted molar refractivity (Wildman–Crippen MR) is 107 cm³/mol. The van der Waals surface area contributed by atoms with Gasteiger partial charge in [-0.3, -0.25) is 15.8 Å². The van der Waals surface area contributed by atoms with Crippen LogP contribution in [0.5, 0.6) is 0 Å². The predicted octanol–water partition coefficient (Wildman–Crippen LogP) is 3.66. The molecule has 0 saturated heterocycles. The first kappa shape index (κ1) is 18.2. The minimum absolute atomic E-state index is 0.0591. The van der Waals surface area contributed by atoms with Gasteiger partial charge in [0.05, 0.1) is 16.8 Å². The Morgan fingerprint density at radius 1 is 1.10 bits per heavy atom. The molecule has 4 aromatic rings. The van der Waals surface area contributed by atoms with Crippen LogP contribution in [0.1, 0.15) is 11.1 Å². The fourth-order valence-corrected chi connectivity index (χ4v) is 3.06. The van der Waals surface area contributed by atoms with Gasteiger partial charge in [0.25, 0.3) is 0 Å². The van der Waals surface area contributed by atoms with Crippen LogP contribution in [0.25, 0.3) is 22.2 Å². The second-order valence-corrected chi connectivity index (χ2v) is 6.48. The van der Waals surface area contributed by atoms with Crippen LogP contribution < -0.4 is 5.49 Å². The SMILES string of the molecule is N#Cc1cc(-c2ccc(=N)n(C(=N)Cc3ccc4ncccc4c3)n2)ccc1F. The normalized spacial score (nSPS) is 10.6. The smallest absolute Gasteiger partial charge is 0.148 e. The van der Waals surface area contributed by atoms with Gasteiger partial charge in [0.15, 0.2) is 0 Å². The van der Waals surface area contributed by atoms with Gasteiger partial charge in [0.1, 0.15) is 23.2 Å². The van der Waals surface area contributed by atoms with Crippen LogP contribution in [0, 0.1) is 28.0 Å². The van der Waals surface area contributed by atoms with Gasteiger partial charge < -0.3 is 0 Å². The maximum absolute atomic E-state index is 13.6. The van der Waals surface area contributed by atoms with Crippen molar-refractivity contribution in [2.45, 2.75) is 6.42 Å². The minimum Gasteiger partial charge on any atom is -0.286 e. The van der Waals surface area contributed by atoms with E-state index in [4.69, 9.17) is 16.1 Å². The summed E-state index contributed by atoms with van der Waals surface area (Å²) in [7, 11) is 0. The summed E-state index contributed by atoms with van der Waals surface area (Å²) in [6, 6.07) is 18.7. The number of aromatic nitrogens is 3. The van der Waals surface area contributed by atoms with Gasteiger partial charge in [-0.2, -0.15) is 10.4 Å². The molecule has 0 aliphatic rings. The van der Waals surface area contributed by atoms with Gasteiger partial charge in [-0.1, -0.05) is 12.1 Å². The summed E-state index contributed by atoms with van der Waals surface area (Å²) in [6.07, 6.45) is 2.01. The molecule has 0 amide bonds. The van der Waals surface area contributed by atoms with E-state index in [0.29, 0.717) is 11.3 Å². The molecule has 4 rings (SSSR count). The lowest BCUT2D eigenvalue weighted by Gasteiger charge is -2.10. The van der Waals surface area contributed by atoms with Gasteiger partial charge in [0.2, 0.25) is 0 Å². The molecule has 0 fully saturated rings. The number of nitrogens with zero attached hydrogens (tertiary/aromatic N) is 4. The first-order chi connectivity index (χ1) is 14.0. The Morgan fingerprint density at radius 3 is 2.79 bits per heavy atom. The number of halogens is 1. The molecule has 29 heavy (non-hydrogen) atoms. The number of rotatable bonds is 3. The highest BCUT2D eigenvalue weighted by molar-refractivity contribution is 5.85. The van der Waals surface area contributed by atoms with E-state index in [2.05, 4.69) is 10.1 Å². The molecule has 0 radical (unpaired) electrons. The Hall–Kier alpha value is -4.18. The second-order valence-electron chi connectivity index (χ2n) is 6.48. The Kier molecular flexibility index (Phi) is 4.67. The molecule has 2 N–H and O–H groups in total. The molecule has 0 bridgehead atoms. The Balaban J connectivity index is 1.67. The minimum atomic E-state index is -0.597. The third-order valence-corrected chi connectivity index (χ3v) is 4.51. The summed E-state index contributed by atoms with van der Waals surface area (Å²) in [5, 5.41) is 30.9. The zero-order chi connectivity index (χ0) is 20.4. The van der Waals surface area contributed by atoms with Gasteiger partial charge in [-0.25, -0.2) is 9.07 Å². The zero-order valence-electron chi connectivity index (χ0n) is 15.2. The standard InChI is InChI=1S/C22H15FN6/c23-18-5-4-16(12-17(18)13-24)20-7-8-21(25)29(28-20)22(26)11-14-3-6-19-15(10-14)2-1-9-27-19/h1-10,12,25-26H,11H2. The number of hydrogen-bond donors (Lipinski definition) is 2.